The zero-order valence-electron chi connectivity index (χ0n) is 13.1. The summed E-state index contributed by atoms with van der Waals surface area (Å²) < 4.78 is 5.60. The summed E-state index contributed by atoms with van der Waals surface area (Å²) in [5, 5.41) is 3.55. The molecule has 0 atom stereocenters. The number of anilines is 1. The first-order valence-electron chi connectivity index (χ1n) is 7.58. The molecule has 0 saturated heterocycles. The van der Waals surface area contributed by atoms with Crippen LogP contribution in [-0.4, -0.2) is 37.3 Å². The normalized spacial score (nSPS) is 14.8. The van der Waals surface area contributed by atoms with E-state index in [2.05, 4.69) is 55.2 Å². The van der Waals surface area contributed by atoms with E-state index in [-0.39, 0.29) is 6.10 Å². The third-order valence-corrected chi connectivity index (χ3v) is 3.44. The van der Waals surface area contributed by atoms with Gasteiger partial charge in [0, 0.05) is 31.9 Å². The molecule has 4 nitrogen and oxygen atoms in total. The molecule has 1 aliphatic rings. The van der Waals surface area contributed by atoms with Gasteiger partial charge in [0.05, 0.1) is 12.7 Å². The Bertz CT molecular complexity index is 430. The highest BCUT2D eigenvalue weighted by atomic mass is 16.5. The maximum Gasteiger partial charge on any atom is 0.128 e. The van der Waals surface area contributed by atoms with E-state index < -0.39 is 0 Å². The molecule has 0 unspecified atom stereocenters. The molecule has 0 spiro atoms. The smallest absolute Gasteiger partial charge is 0.128 e. The van der Waals surface area contributed by atoms with Crippen molar-refractivity contribution in [1.82, 2.24) is 10.3 Å². The van der Waals surface area contributed by atoms with Crippen molar-refractivity contribution in [1.29, 1.82) is 0 Å². The van der Waals surface area contributed by atoms with Gasteiger partial charge >= 0.3 is 0 Å². The fourth-order valence-corrected chi connectivity index (χ4v) is 2.11. The van der Waals surface area contributed by atoms with Crippen LogP contribution in [0.3, 0.4) is 0 Å². The molecule has 1 aromatic heterocycles. The Hall–Kier alpha value is -1.13. The summed E-state index contributed by atoms with van der Waals surface area (Å²) in [6, 6.07) is 5.08. The van der Waals surface area contributed by atoms with Gasteiger partial charge in [-0.05, 0) is 51.3 Å². The first-order valence-corrected chi connectivity index (χ1v) is 7.58. The van der Waals surface area contributed by atoms with Gasteiger partial charge in [0.25, 0.3) is 0 Å². The van der Waals surface area contributed by atoms with Crippen molar-refractivity contribution in [3.8, 4) is 0 Å². The molecule has 0 aromatic carbocycles. The summed E-state index contributed by atoms with van der Waals surface area (Å²) in [5.41, 5.74) is 2.39. The Balaban J connectivity index is 1.91. The third kappa shape index (κ3) is 5.10. The molecule has 0 radical (unpaired) electrons. The maximum atomic E-state index is 5.60. The van der Waals surface area contributed by atoms with E-state index in [9.17, 15) is 0 Å². The zero-order valence-corrected chi connectivity index (χ0v) is 13.1. The van der Waals surface area contributed by atoms with Crippen LogP contribution >= 0.6 is 0 Å². The second-order valence-corrected chi connectivity index (χ2v) is 5.97. The van der Waals surface area contributed by atoms with Crippen molar-refractivity contribution in [2.24, 2.45) is 0 Å². The molecule has 0 amide bonds. The maximum absolute atomic E-state index is 5.60. The number of ether oxygens (including phenoxy) is 1. The highest BCUT2D eigenvalue weighted by Gasteiger charge is 2.20. The minimum atomic E-state index is 0.284. The van der Waals surface area contributed by atoms with E-state index in [0.717, 1.165) is 37.3 Å². The fraction of sp³-hybridized carbons (Fsp3) is 0.688. The van der Waals surface area contributed by atoms with Gasteiger partial charge in [-0.3, -0.25) is 0 Å². The van der Waals surface area contributed by atoms with Crippen LogP contribution in [0.1, 0.15) is 37.9 Å². The molecule has 1 aromatic rings. The Morgan fingerprint density at radius 1 is 1.40 bits per heavy atom. The van der Waals surface area contributed by atoms with Gasteiger partial charge in [0.2, 0.25) is 0 Å². The van der Waals surface area contributed by atoms with Crippen LogP contribution in [0.4, 0.5) is 5.82 Å². The van der Waals surface area contributed by atoms with Crippen LogP contribution in [0, 0.1) is 6.92 Å². The standard InChI is InChI=1S/C16H27N3O/c1-12(2)20-8-7-19(4)16-10-14(9-13(3)18-16)11-17-15-5-6-15/h9-10,12,15,17H,5-8,11H2,1-4H3. The van der Waals surface area contributed by atoms with E-state index >= 15 is 0 Å². The topological polar surface area (TPSA) is 37.4 Å². The third-order valence-electron chi connectivity index (χ3n) is 3.44. The van der Waals surface area contributed by atoms with E-state index in [0.29, 0.717) is 0 Å². The van der Waals surface area contributed by atoms with Crippen molar-refractivity contribution >= 4 is 5.82 Å². The van der Waals surface area contributed by atoms with Crippen LogP contribution in [0.2, 0.25) is 0 Å². The molecule has 2 rings (SSSR count). The number of rotatable bonds is 8. The minimum absolute atomic E-state index is 0.284. The predicted octanol–water partition coefficient (Wildman–Crippen LogP) is 2.50. The van der Waals surface area contributed by atoms with Gasteiger partial charge in [-0.2, -0.15) is 0 Å². The van der Waals surface area contributed by atoms with Gasteiger partial charge in [0.1, 0.15) is 5.82 Å². The molecule has 0 bridgehead atoms. The minimum Gasteiger partial charge on any atom is -0.377 e. The number of nitrogens with one attached hydrogen (secondary N) is 1. The second-order valence-electron chi connectivity index (χ2n) is 5.97. The average molecular weight is 277 g/mol. The zero-order chi connectivity index (χ0) is 14.5. The molecular formula is C16H27N3O. The molecule has 4 heteroatoms. The van der Waals surface area contributed by atoms with Gasteiger partial charge in [-0.25, -0.2) is 4.98 Å². The Morgan fingerprint density at radius 3 is 2.80 bits per heavy atom. The SMILES string of the molecule is Cc1cc(CNC2CC2)cc(N(C)CCOC(C)C)n1. The highest BCUT2D eigenvalue weighted by Crippen LogP contribution is 2.20. The van der Waals surface area contributed by atoms with Crippen molar-refractivity contribution in [3.63, 3.8) is 0 Å². The van der Waals surface area contributed by atoms with Crippen LogP contribution in [0.15, 0.2) is 12.1 Å². The largest absolute Gasteiger partial charge is 0.377 e. The van der Waals surface area contributed by atoms with Gasteiger partial charge in [-0.15, -0.1) is 0 Å². The summed E-state index contributed by atoms with van der Waals surface area (Å²) in [7, 11) is 2.07. The quantitative estimate of drug-likeness (QED) is 0.792. The van der Waals surface area contributed by atoms with Gasteiger partial charge in [0.15, 0.2) is 0 Å². The van der Waals surface area contributed by atoms with E-state index in [1.807, 2.05) is 0 Å². The summed E-state index contributed by atoms with van der Waals surface area (Å²) in [5.74, 6) is 1.03. The molecule has 0 aliphatic heterocycles. The number of aryl methyl sites for hydroxylation is 1. The monoisotopic (exact) mass is 277 g/mol. The van der Waals surface area contributed by atoms with Crippen molar-refractivity contribution < 1.29 is 4.74 Å². The lowest BCUT2D eigenvalue weighted by Gasteiger charge is -2.20. The van der Waals surface area contributed by atoms with Gasteiger partial charge in [-0.1, -0.05) is 0 Å². The summed E-state index contributed by atoms with van der Waals surface area (Å²) in [6.07, 6.45) is 2.93. The van der Waals surface area contributed by atoms with Crippen LogP contribution in [0.5, 0.6) is 0 Å². The second kappa shape index (κ2) is 7.04. The lowest BCUT2D eigenvalue weighted by Crippen LogP contribution is -2.25. The Labute approximate surface area is 122 Å². The molecule has 1 heterocycles. The molecule has 1 fully saturated rings. The Morgan fingerprint density at radius 2 is 2.15 bits per heavy atom. The lowest BCUT2D eigenvalue weighted by molar-refractivity contribution is 0.0845. The van der Waals surface area contributed by atoms with Crippen LogP contribution in [0.25, 0.3) is 0 Å². The first kappa shape index (κ1) is 15.3. The Kier molecular flexibility index (Phi) is 5.38. The highest BCUT2D eigenvalue weighted by molar-refractivity contribution is 5.41. The molecule has 1 N–H and O–H groups in total. The fourth-order valence-electron chi connectivity index (χ4n) is 2.11. The van der Waals surface area contributed by atoms with E-state index in [4.69, 9.17) is 4.74 Å². The van der Waals surface area contributed by atoms with Crippen LogP contribution in [-0.2, 0) is 11.3 Å². The summed E-state index contributed by atoms with van der Waals surface area (Å²) >= 11 is 0. The van der Waals surface area contributed by atoms with Crippen LogP contribution < -0.4 is 10.2 Å². The van der Waals surface area contributed by atoms with E-state index in [1.165, 1.54) is 18.4 Å². The number of pyridine rings is 1. The molecule has 1 saturated carbocycles. The average Bonchev–Trinajstić information content (AvgIpc) is 3.19. The van der Waals surface area contributed by atoms with Crippen molar-refractivity contribution in [2.45, 2.75) is 52.3 Å². The first-order chi connectivity index (χ1) is 9.54. The number of hydrogen-bond acceptors (Lipinski definition) is 4. The molecule has 112 valence electrons. The number of aromatic nitrogens is 1. The lowest BCUT2D eigenvalue weighted by atomic mass is 10.2. The van der Waals surface area contributed by atoms with Crippen molar-refractivity contribution in [2.75, 3.05) is 25.1 Å². The van der Waals surface area contributed by atoms with Crippen molar-refractivity contribution in [3.05, 3.63) is 23.4 Å². The predicted molar refractivity (Wildman–Crippen MR) is 83.2 cm³/mol. The summed E-state index contributed by atoms with van der Waals surface area (Å²) in [4.78, 5) is 6.78. The summed E-state index contributed by atoms with van der Waals surface area (Å²) in [6.45, 7) is 8.72. The van der Waals surface area contributed by atoms with E-state index in [1.54, 1.807) is 0 Å². The number of nitrogens with zero attached hydrogens (tertiary/aromatic N) is 2. The van der Waals surface area contributed by atoms with Gasteiger partial charge < -0.3 is 15.0 Å². The molecule has 1 aliphatic carbocycles. The molecule has 20 heavy (non-hydrogen) atoms. The number of hydrogen-bond donors (Lipinski definition) is 1. The molecular weight excluding hydrogens is 250 g/mol. The number of likely N-dealkylation sites (N-methyl/N-ethyl adjacent to an activating group) is 1.